The first-order chi connectivity index (χ1) is 11.2. The molecule has 2 aliphatic rings. The van der Waals surface area contributed by atoms with E-state index in [2.05, 4.69) is 15.6 Å². The van der Waals surface area contributed by atoms with Crippen LogP contribution in [-0.4, -0.2) is 41.5 Å². The van der Waals surface area contributed by atoms with E-state index in [1.807, 2.05) is 30.3 Å². The third-order valence-corrected chi connectivity index (χ3v) is 4.79. The van der Waals surface area contributed by atoms with Gasteiger partial charge in [-0.3, -0.25) is 14.6 Å². The van der Waals surface area contributed by atoms with Crippen LogP contribution < -0.4 is 10.6 Å². The van der Waals surface area contributed by atoms with E-state index >= 15 is 0 Å². The fourth-order valence-corrected chi connectivity index (χ4v) is 3.47. The molecule has 2 heterocycles. The minimum Gasteiger partial charge on any atom is -0.376 e. The van der Waals surface area contributed by atoms with E-state index in [1.54, 1.807) is 0 Å². The molecule has 0 spiro atoms. The Hall–Kier alpha value is -1.86. The van der Waals surface area contributed by atoms with Crippen molar-refractivity contribution in [1.82, 2.24) is 5.32 Å². The van der Waals surface area contributed by atoms with Crippen LogP contribution in [-0.2, 0) is 14.3 Å². The van der Waals surface area contributed by atoms with Gasteiger partial charge in [-0.15, -0.1) is 0 Å². The molecule has 2 amide bonds. The van der Waals surface area contributed by atoms with Crippen molar-refractivity contribution in [3.05, 3.63) is 30.3 Å². The van der Waals surface area contributed by atoms with Gasteiger partial charge < -0.3 is 15.4 Å². The van der Waals surface area contributed by atoms with E-state index in [0.29, 0.717) is 11.7 Å². The van der Waals surface area contributed by atoms with E-state index in [-0.39, 0.29) is 24.3 Å². The lowest BCUT2D eigenvalue weighted by Crippen LogP contribution is -2.28. The van der Waals surface area contributed by atoms with Crippen LogP contribution in [0.4, 0.5) is 5.69 Å². The van der Waals surface area contributed by atoms with E-state index < -0.39 is 5.25 Å². The van der Waals surface area contributed by atoms with Crippen molar-refractivity contribution in [1.29, 1.82) is 0 Å². The number of carbonyl (C=O) groups excluding carboxylic acids is 2. The van der Waals surface area contributed by atoms with E-state index in [9.17, 15) is 9.59 Å². The number of ether oxygens (including phenoxy) is 1. The lowest BCUT2D eigenvalue weighted by Gasteiger charge is -2.07. The van der Waals surface area contributed by atoms with Crippen LogP contribution >= 0.6 is 11.8 Å². The highest BCUT2D eigenvalue weighted by molar-refractivity contribution is 8.15. The number of anilines is 1. The summed E-state index contributed by atoms with van der Waals surface area (Å²) in [5.41, 5.74) is 0.730. The van der Waals surface area contributed by atoms with Crippen molar-refractivity contribution >= 4 is 34.4 Å². The summed E-state index contributed by atoms with van der Waals surface area (Å²) < 4.78 is 5.50. The van der Waals surface area contributed by atoms with Crippen molar-refractivity contribution in [2.45, 2.75) is 30.6 Å². The molecule has 6 nitrogen and oxygen atoms in total. The maximum atomic E-state index is 12.0. The zero-order chi connectivity index (χ0) is 16.1. The summed E-state index contributed by atoms with van der Waals surface area (Å²) in [6.45, 7) is 1.35. The van der Waals surface area contributed by atoms with E-state index in [1.165, 1.54) is 11.8 Å². The van der Waals surface area contributed by atoms with Crippen molar-refractivity contribution < 1.29 is 14.3 Å². The minimum atomic E-state index is -0.429. The van der Waals surface area contributed by atoms with Crippen molar-refractivity contribution in [3.63, 3.8) is 0 Å². The highest BCUT2D eigenvalue weighted by atomic mass is 32.2. The summed E-state index contributed by atoms with van der Waals surface area (Å²) in [6, 6.07) is 9.21. The summed E-state index contributed by atoms with van der Waals surface area (Å²) in [4.78, 5) is 28.4. The average Bonchev–Trinajstić information content (AvgIpc) is 3.17. The molecule has 2 saturated heterocycles. The quantitative estimate of drug-likeness (QED) is 0.861. The molecule has 0 aromatic heterocycles. The van der Waals surface area contributed by atoms with Crippen molar-refractivity contribution in [2.24, 2.45) is 4.99 Å². The lowest BCUT2D eigenvalue weighted by atomic mass is 10.2. The van der Waals surface area contributed by atoms with Gasteiger partial charge >= 0.3 is 0 Å². The summed E-state index contributed by atoms with van der Waals surface area (Å²) in [6.07, 6.45) is 2.36. The molecule has 0 aliphatic carbocycles. The number of nitrogens with zero attached hydrogens (tertiary/aromatic N) is 1. The number of para-hydroxylation sites is 1. The summed E-state index contributed by atoms with van der Waals surface area (Å²) in [5, 5.41) is 5.68. The maximum Gasteiger partial charge on any atom is 0.240 e. The highest BCUT2D eigenvalue weighted by Crippen LogP contribution is 2.23. The van der Waals surface area contributed by atoms with Crippen molar-refractivity contribution in [3.8, 4) is 0 Å². The van der Waals surface area contributed by atoms with E-state index in [4.69, 9.17) is 4.74 Å². The normalized spacial score (nSPS) is 25.6. The molecule has 0 bridgehead atoms. The smallest absolute Gasteiger partial charge is 0.240 e. The largest absolute Gasteiger partial charge is 0.376 e. The first kappa shape index (κ1) is 16.0. The molecule has 2 fully saturated rings. The number of amides is 2. The average molecular weight is 333 g/mol. The van der Waals surface area contributed by atoms with Gasteiger partial charge in [0.2, 0.25) is 11.8 Å². The first-order valence-corrected chi connectivity index (χ1v) is 8.57. The first-order valence-electron chi connectivity index (χ1n) is 7.69. The molecule has 122 valence electrons. The van der Waals surface area contributed by atoms with Gasteiger partial charge in [0.1, 0.15) is 5.25 Å². The number of nitrogens with one attached hydrogen (secondary N) is 2. The standard InChI is InChI=1S/C16H19N3O3S/c20-14(18-11-5-2-1-3-6-11)9-13-15(21)19-16(23-13)17-10-12-7-4-8-22-12/h1-3,5-6,12-13H,4,7-10H2,(H,18,20)(H,17,19,21)/t12-,13+/m1/s1. The zero-order valence-electron chi connectivity index (χ0n) is 12.7. The molecule has 0 radical (unpaired) electrons. The molecular formula is C16H19N3O3S. The monoisotopic (exact) mass is 333 g/mol. The molecule has 2 N–H and O–H groups in total. The summed E-state index contributed by atoms with van der Waals surface area (Å²) in [5.74, 6) is -0.339. The van der Waals surface area contributed by atoms with Crippen LogP contribution in [0, 0.1) is 0 Å². The van der Waals surface area contributed by atoms with Gasteiger partial charge in [0, 0.05) is 18.7 Å². The number of hydrogen-bond acceptors (Lipinski definition) is 5. The lowest BCUT2D eigenvalue weighted by molar-refractivity contribution is -0.122. The topological polar surface area (TPSA) is 79.8 Å². The Kier molecular flexibility index (Phi) is 5.30. The van der Waals surface area contributed by atoms with E-state index in [0.717, 1.165) is 25.1 Å². The predicted octanol–water partition coefficient (Wildman–Crippen LogP) is 1.78. The van der Waals surface area contributed by atoms with Crippen LogP contribution in [0.2, 0.25) is 0 Å². The molecule has 3 rings (SSSR count). The number of amidine groups is 1. The second kappa shape index (κ2) is 7.61. The van der Waals surface area contributed by atoms with Gasteiger partial charge in [-0.2, -0.15) is 0 Å². The Morgan fingerprint density at radius 1 is 1.39 bits per heavy atom. The van der Waals surface area contributed by atoms with Crippen LogP contribution in [0.5, 0.6) is 0 Å². The van der Waals surface area contributed by atoms with Gasteiger partial charge in [0.25, 0.3) is 0 Å². The zero-order valence-corrected chi connectivity index (χ0v) is 13.5. The molecule has 2 atom stereocenters. The maximum absolute atomic E-state index is 12.0. The second-order valence-corrected chi connectivity index (χ2v) is 6.69. The van der Waals surface area contributed by atoms with Gasteiger partial charge in [0.05, 0.1) is 12.6 Å². The highest BCUT2D eigenvalue weighted by Gasteiger charge is 2.32. The number of thioether (sulfide) groups is 1. The molecule has 7 heteroatoms. The molecular weight excluding hydrogens is 314 g/mol. The number of benzene rings is 1. The molecule has 23 heavy (non-hydrogen) atoms. The van der Waals surface area contributed by atoms with Crippen LogP contribution in [0.25, 0.3) is 0 Å². The minimum absolute atomic E-state index is 0.129. The summed E-state index contributed by atoms with van der Waals surface area (Å²) in [7, 11) is 0. The SMILES string of the molecule is O=C(C[C@@H]1SC(=NC[C@H]2CCCO2)NC1=O)Nc1ccccc1. The van der Waals surface area contributed by atoms with Crippen LogP contribution in [0.3, 0.4) is 0 Å². The molecule has 1 aromatic carbocycles. The Morgan fingerprint density at radius 3 is 2.96 bits per heavy atom. The predicted molar refractivity (Wildman–Crippen MR) is 90.5 cm³/mol. The van der Waals surface area contributed by atoms with Crippen molar-refractivity contribution in [2.75, 3.05) is 18.5 Å². The number of rotatable bonds is 5. The summed E-state index contributed by atoms with van der Waals surface area (Å²) >= 11 is 1.31. The Balaban J connectivity index is 1.49. The van der Waals surface area contributed by atoms with Gasteiger partial charge in [0.15, 0.2) is 5.17 Å². The number of carbonyl (C=O) groups is 2. The Morgan fingerprint density at radius 2 is 2.22 bits per heavy atom. The molecule has 0 unspecified atom stereocenters. The fraction of sp³-hybridized carbons (Fsp3) is 0.438. The fourth-order valence-electron chi connectivity index (χ4n) is 2.49. The number of hydrogen-bond donors (Lipinski definition) is 2. The second-order valence-electron chi connectivity index (χ2n) is 5.49. The molecule has 1 aromatic rings. The Labute approximate surface area is 139 Å². The van der Waals surface area contributed by atoms with Gasteiger partial charge in [-0.25, -0.2) is 0 Å². The number of aliphatic imine (C=N–C) groups is 1. The van der Waals surface area contributed by atoms with Gasteiger partial charge in [-0.1, -0.05) is 30.0 Å². The molecule has 0 saturated carbocycles. The van der Waals surface area contributed by atoms with Gasteiger partial charge in [-0.05, 0) is 25.0 Å². The van der Waals surface area contributed by atoms with Crippen LogP contribution in [0.1, 0.15) is 19.3 Å². The Bertz CT molecular complexity index is 600. The third-order valence-electron chi connectivity index (χ3n) is 3.67. The molecule has 2 aliphatic heterocycles. The van der Waals surface area contributed by atoms with Crippen LogP contribution in [0.15, 0.2) is 35.3 Å². The third kappa shape index (κ3) is 4.56.